The monoisotopic (exact) mass is 374 g/mol. The minimum absolute atomic E-state index is 0.544. The summed E-state index contributed by atoms with van der Waals surface area (Å²) >= 11 is 0. The van der Waals surface area contributed by atoms with Crippen molar-refractivity contribution in [3.63, 3.8) is 0 Å². The molecule has 0 spiro atoms. The Kier molecular flexibility index (Phi) is 4.80. The van der Waals surface area contributed by atoms with Gasteiger partial charge in [-0.1, -0.05) is 35.9 Å². The van der Waals surface area contributed by atoms with Crippen molar-refractivity contribution < 1.29 is 4.74 Å². The zero-order valence-electron chi connectivity index (χ0n) is 16.1. The van der Waals surface area contributed by atoms with Crippen molar-refractivity contribution in [2.24, 2.45) is 7.05 Å². The molecule has 7 nitrogen and oxygen atoms in total. The molecule has 0 saturated heterocycles. The highest BCUT2D eigenvalue weighted by atomic mass is 16.5. The summed E-state index contributed by atoms with van der Waals surface area (Å²) in [5.74, 6) is 2.01. The van der Waals surface area contributed by atoms with Gasteiger partial charge in [0.05, 0.1) is 18.7 Å². The normalized spacial score (nSPS) is 10.8. The van der Waals surface area contributed by atoms with Crippen LogP contribution in [0.25, 0.3) is 11.0 Å². The van der Waals surface area contributed by atoms with Crippen LogP contribution in [0.3, 0.4) is 0 Å². The van der Waals surface area contributed by atoms with Crippen molar-refractivity contribution in [2.75, 3.05) is 17.7 Å². The smallest absolute Gasteiger partial charge is 0.227 e. The molecule has 2 aromatic carbocycles. The van der Waals surface area contributed by atoms with Crippen LogP contribution in [0.15, 0.2) is 54.7 Å². The maximum Gasteiger partial charge on any atom is 0.227 e. The maximum atomic E-state index is 5.30. The van der Waals surface area contributed by atoms with E-state index in [2.05, 4.69) is 56.9 Å². The number of fused-ring (bicyclic) bond motifs is 1. The second kappa shape index (κ2) is 7.56. The number of nitrogens with one attached hydrogen (secondary N) is 2. The summed E-state index contributed by atoms with van der Waals surface area (Å²) in [6.07, 6.45) is 1.77. The van der Waals surface area contributed by atoms with E-state index in [9.17, 15) is 0 Å². The molecule has 0 amide bonds. The summed E-state index contributed by atoms with van der Waals surface area (Å²) < 4.78 is 7.04. The van der Waals surface area contributed by atoms with E-state index in [-0.39, 0.29) is 0 Å². The zero-order chi connectivity index (χ0) is 19.5. The lowest BCUT2D eigenvalue weighted by Gasteiger charge is -2.11. The van der Waals surface area contributed by atoms with E-state index in [4.69, 9.17) is 4.74 Å². The first-order chi connectivity index (χ1) is 13.6. The standard InChI is InChI=1S/C21H22N6O/c1-14-7-9-15(10-8-14)12-22-21-25-19(18-13-23-27(2)20(18)26-21)24-16-5-4-6-17(11-16)28-3/h4-11,13H,12H2,1-3H3,(H2,22,24,25,26). The number of rotatable bonds is 6. The van der Waals surface area contributed by atoms with Crippen LogP contribution in [0.4, 0.5) is 17.5 Å². The second-order valence-corrected chi connectivity index (χ2v) is 6.60. The van der Waals surface area contributed by atoms with Crippen LogP contribution in [0.2, 0.25) is 0 Å². The molecule has 0 bridgehead atoms. The first-order valence-corrected chi connectivity index (χ1v) is 9.02. The lowest BCUT2D eigenvalue weighted by molar-refractivity contribution is 0.415. The summed E-state index contributed by atoms with van der Waals surface area (Å²) in [6.45, 7) is 2.72. The predicted molar refractivity (Wildman–Crippen MR) is 111 cm³/mol. The van der Waals surface area contributed by atoms with Gasteiger partial charge in [0.1, 0.15) is 11.6 Å². The van der Waals surface area contributed by atoms with Gasteiger partial charge in [-0.25, -0.2) is 0 Å². The van der Waals surface area contributed by atoms with Gasteiger partial charge in [0.25, 0.3) is 0 Å². The molecule has 2 heterocycles. The SMILES string of the molecule is COc1cccc(Nc2nc(NCc3ccc(C)cc3)nc3c2cnn3C)c1. The van der Waals surface area contributed by atoms with Gasteiger partial charge in [0, 0.05) is 25.3 Å². The number of anilines is 3. The van der Waals surface area contributed by atoms with Gasteiger partial charge < -0.3 is 15.4 Å². The number of aromatic nitrogens is 4. The van der Waals surface area contributed by atoms with Crippen LogP contribution in [0.5, 0.6) is 5.75 Å². The third-order valence-electron chi connectivity index (χ3n) is 4.50. The van der Waals surface area contributed by atoms with Crippen LogP contribution < -0.4 is 15.4 Å². The Morgan fingerprint density at radius 1 is 1.07 bits per heavy atom. The highest BCUT2D eigenvalue weighted by molar-refractivity contribution is 5.89. The Bertz CT molecular complexity index is 1100. The van der Waals surface area contributed by atoms with E-state index in [0.717, 1.165) is 22.5 Å². The Hall–Kier alpha value is -3.61. The molecule has 142 valence electrons. The number of hydrogen-bond acceptors (Lipinski definition) is 6. The quantitative estimate of drug-likeness (QED) is 0.530. The molecule has 2 N–H and O–H groups in total. The molecule has 0 aliphatic carbocycles. The first kappa shape index (κ1) is 17.8. The van der Waals surface area contributed by atoms with E-state index in [0.29, 0.717) is 18.3 Å². The summed E-state index contributed by atoms with van der Waals surface area (Å²) in [5.41, 5.74) is 4.04. The summed E-state index contributed by atoms with van der Waals surface area (Å²) in [6, 6.07) is 16.1. The van der Waals surface area contributed by atoms with Crippen LogP contribution in [0, 0.1) is 6.92 Å². The topological polar surface area (TPSA) is 76.9 Å². The largest absolute Gasteiger partial charge is 0.497 e. The molecule has 0 fully saturated rings. The van der Waals surface area contributed by atoms with Gasteiger partial charge in [0.15, 0.2) is 5.65 Å². The number of hydrogen-bond donors (Lipinski definition) is 2. The van der Waals surface area contributed by atoms with Crippen molar-refractivity contribution in [1.82, 2.24) is 19.7 Å². The van der Waals surface area contributed by atoms with Gasteiger partial charge in [-0.05, 0) is 24.6 Å². The summed E-state index contributed by atoms with van der Waals surface area (Å²) in [5, 5.41) is 11.8. The minimum Gasteiger partial charge on any atom is -0.497 e. The molecule has 0 saturated carbocycles. The average Bonchev–Trinajstić information content (AvgIpc) is 3.09. The van der Waals surface area contributed by atoms with Crippen molar-refractivity contribution >= 4 is 28.5 Å². The second-order valence-electron chi connectivity index (χ2n) is 6.60. The van der Waals surface area contributed by atoms with E-state index in [1.54, 1.807) is 18.0 Å². The van der Waals surface area contributed by atoms with Gasteiger partial charge in [-0.3, -0.25) is 4.68 Å². The van der Waals surface area contributed by atoms with E-state index >= 15 is 0 Å². The Labute approximate surface area is 163 Å². The molecule has 0 unspecified atom stereocenters. The lowest BCUT2D eigenvalue weighted by atomic mass is 10.1. The fraction of sp³-hybridized carbons (Fsp3) is 0.190. The fourth-order valence-electron chi connectivity index (χ4n) is 2.92. The summed E-state index contributed by atoms with van der Waals surface area (Å²) in [4.78, 5) is 9.29. The number of nitrogens with zero attached hydrogens (tertiary/aromatic N) is 4. The maximum absolute atomic E-state index is 5.30. The molecule has 0 aliphatic heterocycles. The average molecular weight is 374 g/mol. The van der Waals surface area contributed by atoms with Gasteiger partial charge in [0.2, 0.25) is 5.95 Å². The van der Waals surface area contributed by atoms with Crippen molar-refractivity contribution in [3.05, 3.63) is 65.9 Å². The van der Waals surface area contributed by atoms with Crippen LogP contribution >= 0.6 is 0 Å². The third kappa shape index (κ3) is 3.73. The van der Waals surface area contributed by atoms with Crippen LogP contribution in [0.1, 0.15) is 11.1 Å². The van der Waals surface area contributed by atoms with Crippen LogP contribution in [-0.2, 0) is 13.6 Å². The molecule has 4 rings (SSSR count). The fourth-order valence-corrected chi connectivity index (χ4v) is 2.92. The number of ether oxygens (including phenoxy) is 1. The molecule has 28 heavy (non-hydrogen) atoms. The molecule has 0 aliphatic rings. The highest BCUT2D eigenvalue weighted by Gasteiger charge is 2.12. The van der Waals surface area contributed by atoms with Crippen LogP contribution in [-0.4, -0.2) is 26.9 Å². The van der Waals surface area contributed by atoms with Crippen molar-refractivity contribution in [1.29, 1.82) is 0 Å². The molecule has 7 heteroatoms. The van der Waals surface area contributed by atoms with Gasteiger partial charge in [-0.2, -0.15) is 15.1 Å². The summed E-state index contributed by atoms with van der Waals surface area (Å²) in [7, 11) is 3.52. The lowest BCUT2D eigenvalue weighted by Crippen LogP contribution is -2.07. The van der Waals surface area contributed by atoms with Crippen molar-refractivity contribution in [2.45, 2.75) is 13.5 Å². The Balaban J connectivity index is 1.64. The predicted octanol–water partition coefficient (Wildman–Crippen LogP) is 4.04. The molecule has 0 radical (unpaired) electrons. The van der Waals surface area contributed by atoms with Gasteiger partial charge >= 0.3 is 0 Å². The number of methoxy groups -OCH3 is 1. The van der Waals surface area contributed by atoms with Gasteiger partial charge in [-0.15, -0.1) is 0 Å². The third-order valence-corrected chi connectivity index (χ3v) is 4.50. The minimum atomic E-state index is 0.544. The first-order valence-electron chi connectivity index (χ1n) is 9.02. The molecule has 4 aromatic rings. The zero-order valence-corrected chi connectivity index (χ0v) is 16.1. The molecule has 2 aromatic heterocycles. The van der Waals surface area contributed by atoms with E-state index < -0.39 is 0 Å². The molecule has 0 atom stereocenters. The Morgan fingerprint density at radius 2 is 1.89 bits per heavy atom. The van der Waals surface area contributed by atoms with Crippen molar-refractivity contribution in [3.8, 4) is 5.75 Å². The molecular weight excluding hydrogens is 352 g/mol. The Morgan fingerprint density at radius 3 is 2.68 bits per heavy atom. The van der Waals surface area contributed by atoms with E-state index in [1.165, 1.54) is 11.1 Å². The highest BCUT2D eigenvalue weighted by Crippen LogP contribution is 2.26. The number of aryl methyl sites for hydroxylation is 2. The molecular formula is C21H22N6O. The van der Waals surface area contributed by atoms with E-state index in [1.807, 2.05) is 31.3 Å². The number of benzene rings is 2.